The number of ether oxygens (including phenoxy) is 1. The third-order valence-electron chi connectivity index (χ3n) is 2.60. The summed E-state index contributed by atoms with van der Waals surface area (Å²) in [6, 6.07) is 0. The van der Waals surface area contributed by atoms with Gasteiger partial charge in [-0.25, -0.2) is 0 Å². The van der Waals surface area contributed by atoms with Crippen molar-refractivity contribution in [2.75, 3.05) is 26.3 Å². The molecule has 0 amide bonds. The quantitative estimate of drug-likeness (QED) is 0.612. The monoisotopic (exact) mass is 269 g/mol. The zero-order chi connectivity index (χ0) is 14.0. The largest absolute Gasteiger partial charge is 0.411 e. The lowest BCUT2D eigenvalue weighted by Gasteiger charge is -2.19. The maximum atomic E-state index is 11.9. The molecule has 0 bridgehead atoms. The average molecular weight is 269 g/mol. The second kappa shape index (κ2) is 9.62. The van der Waals surface area contributed by atoms with Crippen LogP contribution in [0.4, 0.5) is 13.2 Å². The number of alkyl halides is 3. The molecule has 5 heteroatoms. The summed E-state index contributed by atoms with van der Waals surface area (Å²) in [5.41, 5.74) is 0. The van der Waals surface area contributed by atoms with Crippen molar-refractivity contribution in [2.24, 2.45) is 11.8 Å². The first kappa shape index (κ1) is 17.7. The second-order valence-corrected chi connectivity index (χ2v) is 5.16. The van der Waals surface area contributed by atoms with Crippen molar-refractivity contribution in [2.45, 2.75) is 46.2 Å². The molecule has 0 heterocycles. The molecule has 0 radical (unpaired) electrons. The van der Waals surface area contributed by atoms with Gasteiger partial charge in [0.2, 0.25) is 0 Å². The van der Waals surface area contributed by atoms with E-state index in [1.54, 1.807) is 0 Å². The van der Waals surface area contributed by atoms with E-state index in [1.165, 1.54) is 0 Å². The van der Waals surface area contributed by atoms with Crippen molar-refractivity contribution in [3.63, 3.8) is 0 Å². The number of hydrogen-bond acceptors (Lipinski definition) is 2. The summed E-state index contributed by atoms with van der Waals surface area (Å²) in [5, 5.41) is 3.32. The topological polar surface area (TPSA) is 21.3 Å². The van der Waals surface area contributed by atoms with Crippen LogP contribution in [0.2, 0.25) is 0 Å². The first-order valence-electron chi connectivity index (χ1n) is 6.70. The van der Waals surface area contributed by atoms with Crippen molar-refractivity contribution in [3.8, 4) is 0 Å². The minimum atomic E-state index is -4.21. The highest BCUT2D eigenvalue weighted by Gasteiger charge is 2.27. The molecule has 0 aromatic heterocycles. The Labute approximate surface area is 108 Å². The van der Waals surface area contributed by atoms with Crippen LogP contribution in [0, 0.1) is 11.8 Å². The fraction of sp³-hybridized carbons (Fsp3) is 1.00. The van der Waals surface area contributed by atoms with Gasteiger partial charge in [-0.2, -0.15) is 13.2 Å². The standard InChI is InChI=1S/C13H26F3NO/c1-4-6-17-9-12(8-11(2)3)5-7-18-10-13(14,15)16/h11-12,17H,4-10H2,1-3H3. The molecule has 110 valence electrons. The first-order chi connectivity index (χ1) is 8.35. The number of nitrogens with one attached hydrogen (secondary N) is 1. The highest BCUT2D eigenvalue weighted by Crippen LogP contribution is 2.17. The normalized spacial score (nSPS) is 14.2. The van der Waals surface area contributed by atoms with Gasteiger partial charge in [-0.3, -0.25) is 0 Å². The van der Waals surface area contributed by atoms with Crippen molar-refractivity contribution in [1.82, 2.24) is 5.32 Å². The summed E-state index contributed by atoms with van der Waals surface area (Å²) < 4.78 is 40.4. The second-order valence-electron chi connectivity index (χ2n) is 5.16. The molecule has 1 unspecified atom stereocenters. The lowest BCUT2D eigenvalue weighted by Crippen LogP contribution is -2.26. The molecule has 0 fully saturated rings. The van der Waals surface area contributed by atoms with Crippen LogP contribution in [0.15, 0.2) is 0 Å². The molecular weight excluding hydrogens is 243 g/mol. The molecule has 18 heavy (non-hydrogen) atoms. The van der Waals surface area contributed by atoms with Crippen molar-refractivity contribution in [1.29, 1.82) is 0 Å². The predicted molar refractivity (Wildman–Crippen MR) is 67.6 cm³/mol. The highest BCUT2D eigenvalue weighted by molar-refractivity contribution is 4.65. The molecule has 0 aliphatic heterocycles. The Bertz CT molecular complexity index is 195. The number of rotatable bonds is 10. The van der Waals surface area contributed by atoms with Crippen LogP contribution in [0.1, 0.15) is 40.0 Å². The lowest BCUT2D eigenvalue weighted by molar-refractivity contribution is -0.174. The molecule has 1 N–H and O–H groups in total. The maximum absolute atomic E-state index is 11.9. The Hall–Kier alpha value is -0.290. The van der Waals surface area contributed by atoms with Gasteiger partial charge in [0.05, 0.1) is 0 Å². The third-order valence-corrected chi connectivity index (χ3v) is 2.60. The fourth-order valence-electron chi connectivity index (χ4n) is 1.89. The summed E-state index contributed by atoms with van der Waals surface area (Å²) in [6.07, 6.45) is -1.44. The molecule has 0 spiro atoms. The lowest BCUT2D eigenvalue weighted by atomic mass is 9.94. The van der Waals surface area contributed by atoms with E-state index in [4.69, 9.17) is 0 Å². The van der Waals surface area contributed by atoms with E-state index in [9.17, 15) is 13.2 Å². The van der Waals surface area contributed by atoms with Gasteiger partial charge in [-0.1, -0.05) is 20.8 Å². The smallest absolute Gasteiger partial charge is 0.372 e. The summed E-state index contributed by atoms with van der Waals surface area (Å²) in [4.78, 5) is 0. The molecular formula is C13H26F3NO. The van der Waals surface area contributed by atoms with Gasteiger partial charge >= 0.3 is 6.18 Å². The van der Waals surface area contributed by atoms with E-state index in [0.717, 1.165) is 25.9 Å². The SMILES string of the molecule is CCCNCC(CCOCC(F)(F)F)CC(C)C. The van der Waals surface area contributed by atoms with Crippen LogP contribution < -0.4 is 5.32 Å². The molecule has 0 aliphatic carbocycles. The molecule has 0 saturated carbocycles. The zero-order valence-corrected chi connectivity index (χ0v) is 11.6. The van der Waals surface area contributed by atoms with E-state index in [0.29, 0.717) is 18.3 Å². The molecule has 1 atom stereocenters. The van der Waals surface area contributed by atoms with Crippen LogP contribution >= 0.6 is 0 Å². The Morgan fingerprint density at radius 1 is 1.22 bits per heavy atom. The number of halogens is 3. The summed E-state index contributed by atoms with van der Waals surface area (Å²) in [5.74, 6) is 0.950. The maximum Gasteiger partial charge on any atom is 0.411 e. The molecule has 0 rings (SSSR count). The van der Waals surface area contributed by atoms with E-state index >= 15 is 0 Å². The van der Waals surface area contributed by atoms with Crippen LogP contribution in [-0.2, 0) is 4.74 Å². The third kappa shape index (κ3) is 12.2. The van der Waals surface area contributed by atoms with E-state index in [1.807, 2.05) is 0 Å². The summed E-state index contributed by atoms with van der Waals surface area (Å²) in [6.45, 7) is 7.22. The van der Waals surface area contributed by atoms with Gasteiger partial charge in [0.1, 0.15) is 6.61 Å². The van der Waals surface area contributed by atoms with E-state index in [-0.39, 0.29) is 6.61 Å². The van der Waals surface area contributed by atoms with Crippen molar-refractivity contribution >= 4 is 0 Å². The van der Waals surface area contributed by atoms with Crippen LogP contribution in [0.25, 0.3) is 0 Å². The minimum Gasteiger partial charge on any atom is -0.372 e. The van der Waals surface area contributed by atoms with Gasteiger partial charge in [-0.15, -0.1) is 0 Å². The van der Waals surface area contributed by atoms with Gasteiger partial charge in [0, 0.05) is 6.61 Å². The highest BCUT2D eigenvalue weighted by atomic mass is 19.4. The van der Waals surface area contributed by atoms with Crippen LogP contribution in [0.3, 0.4) is 0 Å². The van der Waals surface area contributed by atoms with Gasteiger partial charge in [-0.05, 0) is 44.2 Å². The van der Waals surface area contributed by atoms with Crippen LogP contribution in [0.5, 0.6) is 0 Å². The molecule has 2 nitrogen and oxygen atoms in total. The molecule has 0 aromatic rings. The first-order valence-corrected chi connectivity index (χ1v) is 6.70. The summed E-state index contributed by atoms with van der Waals surface area (Å²) >= 11 is 0. The predicted octanol–water partition coefficient (Wildman–Crippen LogP) is 3.62. The van der Waals surface area contributed by atoms with Gasteiger partial charge in [0.15, 0.2) is 0 Å². The van der Waals surface area contributed by atoms with E-state index in [2.05, 4.69) is 30.8 Å². The van der Waals surface area contributed by atoms with Crippen molar-refractivity contribution < 1.29 is 17.9 Å². The van der Waals surface area contributed by atoms with E-state index < -0.39 is 12.8 Å². The van der Waals surface area contributed by atoms with Crippen LogP contribution in [-0.4, -0.2) is 32.5 Å². The fourth-order valence-corrected chi connectivity index (χ4v) is 1.89. The van der Waals surface area contributed by atoms with Gasteiger partial charge < -0.3 is 10.1 Å². The average Bonchev–Trinajstić information content (AvgIpc) is 2.22. The van der Waals surface area contributed by atoms with Gasteiger partial charge in [0.25, 0.3) is 0 Å². The minimum absolute atomic E-state index is 0.185. The Kier molecular flexibility index (Phi) is 9.46. The Balaban J connectivity index is 3.78. The Morgan fingerprint density at radius 2 is 1.89 bits per heavy atom. The zero-order valence-electron chi connectivity index (χ0n) is 11.6. The molecule has 0 aliphatic rings. The number of hydrogen-bond donors (Lipinski definition) is 1. The summed E-state index contributed by atoms with van der Waals surface area (Å²) in [7, 11) is 0. The van der Waals surface area contributed by atoms with Crippen molar-refractivity contribution in [3.05, 3.63) is 0 Å². The Morgan fingerprint density at radius 3 is 2.39 bits per heavy atom. The molecule has 0 saturated heterocycles. The molecule has 0 aromatic carbocycles.